The van der Waals surface area contributed by atoms with E-state index in [1.807, 2.05) is 0 Å². The second kappa shape index (κ2) is 7.10. The number of hydrogen-bond donors (Lipinski definition) is 4. The van der Waals surface area contributed by atoms with Crippen molar-refractivity contribution in [1.29, 1.82) is 0 Å². The van der Waals surface area contributed by atoms with Gasteiger partial charge in [0.15, 0.2) is 5.65 Å². The Labute approximate surface area is 152 Å². The van der Waals surface area contributed by atoms with Gasteiger partial charge in [-0.3, -0.25) is 18.8 Å². The zero-order valence-corrected chi connectivity index (χ0v) is 15.2. The third kappa shape index (κ3) is 3.98. The third-order valence-corrected chi connectivity index (χ3v) is 4.86. The number of carbonyl (C=O) groups excluding carboxylic acids is 1. The van der Waals surface area contributed by atoms with Crippen molar-refractivity contribution < 1.29 is 33.1 Å². The fourth-order valence-electron chi connectivity index (χ4n) is 2.52. The molecule has 4 N–H and O–H groups in total. The van der Waals surface area contributed by atoms with Crippen molar-refractivity contribution in [3.63, 3.8) is 0 Å². The van der Waals surface area contributed by atoms with E-state index >= 15 is 0 Å². The smallest absolute Gasteiger partial charge is 0.390 e. The maximum absolute atomic E-state index is 11.5. The summed E-state index contributed by atoms with van der Waals surface area (Å²) in [5.74, 6) is -0.961. The minimum Gasteiger partial charge on any atom is -0.390 e. The van der Waals surface area contributed by atoms with E-state index in [4.69, 9.17) is 10.5 Å². The van der Waals surface area contributed by atoms with Crippen LogP contribution in [0.15, 0.2) is 11.4 Å². The maximum atomic E-state index is 11.5. The molecule has 1 fully saturated rings. The molecule has 1 saturated heterocycles. The fourth-order valence-corrected chi connectivity index (χ4v) is 3.49. The number of anilines is 1. The Kier molecular flexibility index (Phi) is 5.19. The summed E-state index contributed by atoms with van der Waals surface area (Å²) in [6, 6.07) is 0. The molecule has 2 aromatic heterocycles. The highest BCUT2D eigenvalue weighted by molar-refractivity contribution is 7.80. The molecule has 0 aliphatic carbocycles. The number of nitrogens with two attached hydrogens (primary N) is 1. The van der Waals surface area contributed by atoms with E-state index in [1.54, 1.807) is 4.57 Å². The number of carbonyl (C=O) groups is 1. The average molecular weight is 405 g/mol. The number of phosphoric ester groups is 1. The summed E-state index contributed by atoms with van der Waals surface area (Å²) in [5.41, 5.74) is 6.40. The molecule has 2 aromatic rings. The van der Waals surface area contributed by atoms with Crippen LogP contribution < -0.4 is 5.73 Å². The Bertz CT molecular complexity index is 892. The molecule has 3 rings (SSSR count). The van der Waals surface area contributed by atoms with Crippen molar-refractivity contribution in [2.45, 2.75) is 36.8 Å². The first kappa shape index (κ1) is 19.0. The molecule has 26 heavy (non-hydrogen) atoms. The summed E-state index contributed by atoms with van der Waals surface area (Å²) in [4.78, 5) is 32.3. The molecule has 12 nitrogen and oxygen atoms in total. The summed E-state index contributed by atoms with van der Waals surface area (Å²) < 4.78 is 27.6. The number of imidazole rings is 1. The number of phosphoric acid groups is 1. The van der Waals surface area contributed by atoms with Crippen molar-refractivity contribution in [2.24, 2.45) is 0 Å². The molecule has 142 valence electrons. The van der Waals surface area contributed by atoms with Gasteiger partial charge < -0.3 is 20.1 Å². The Morgan fingerprint density at radius 1 is 1.58 bits per heavy atom. The van der Waals surface area contributed by atoms with E-state index in [1.165, 1.54) is 6.33 Å². The van der Waals surface area contributed by atoms with Crippen LogP contribution in [0, 0.1) is 0 Å². The van der Waals surface area contributed by atoms with Crippen molar-refractivity contribution in [2.75, 3.05) is 12.3 Å². The SMILES string of the molecule is CC(=O)OP(=O)(O)OCC1O[C@@H](n2cnc3c(S)nc(N)nc32)C[C@@H]1O. The summed E-state index contributed by atoms with van der Waals surface area (Å²) in [6.45, 7) is 0.511. The largest absolute Gasteiger partial charge is 0.529 e. The molecule has 0 aromatic carbocycles. The van der Waals surface area contributed by atoms with Gasteiger partial charge >= 0.3 is 13.8 Å². The third-order valence-electron chi connectivity index (χ3n) is 3.58. The topological polar surface area (TPSA) is 172 Å². The van der Waals surface area contributed by atoms with E-state index in [0.717, 1.165) is 6.92 Å². The molecule has 14 heteroatoms. The van der Waals surface area contributed by atoms with Gasteiger partial charge in [-0.25, -0.2) is 14.5 Å². The van der Waals surface area contributed by atoms with E-state index < -0.39 is 38.8 Å². The van der Waals surface area contributed by atoms with Crippen LogP contribution in [0.4, 0.5) is 5.95 Å². The fraction of sp³-hybridized carbons (Fsp3) is 0.500. The van der Waals surface area contributed by atoms with Gasteiger partial charge in [-0.1, -0.05) is 0 Å². The Morgan fingerprint density at radius 2 is 2.31 bits per heavy atom. The molecule has 1 aliphatic heterocycles. The quantitative estimate of drug-likeness (QED) is 0.300. The minimum absolute atomic E-state index is 0.00489. The minimum atomic E-state index is -4.57. The Morgan fingerprint density at radius 3 is 3.00 bits per heavy atom. The van der Waals surface area contributed by atoms with Crippen molar-refractivity contribution in [3.8, 4) is 0 Å². The number of rotatable bonds is 5. The maximum Gasteiger partial charge on any atom is 0.529 e. The molecular weight excluding hydrogens is 389 g/mol. The van der Waals surface area contributed by atoms with Gasteiger partial charge in [0.05, 0.1) is 19.0 Å². The molecule has 4 atom stereocenters. The zero-order valence-electron chi connectivity index (χ0n) is 13.4. The van der Waals surface area contributed by atoms with Gasteiger partial charge in [-0.2, -0.15) is 4.98 Å². The lowest BCUT2D eigenvalue weighted by Crippen LogP contribution is -2.26. The van der Waals surface area contributed by atoms with Gasteiger partial charge in [-0.05, 0) is 0 Å². The number of thiol groups is 1. The van der Waals surface area contributed by atoms with Gasteiger partial charge in [0.25, 0.3) is 0 Å². The second-order valence-electron chi connectivity index (χ2n) is 5.51. The standard InChI is InChI=1S/C12H16N5O7PS/c1-5(18)24-25(20,21)22-3-7-6(19)2-8(23-7)17-4-14-9-10(17)15-12(13)16-11(9)26/h4,6-8,19H,2-3H2,1H3,(H,20,21)(H3,13,15,16,26)/t6-,7?,8+/m0/s1. The van der Waals surface area contributed by atoms with E-state index in [-0.39, 0.29) is 12.4 Å². The zero-order chi connectivity index (χ0) is 19.1. The van der Waals surface area contributed by atoms with Crippen LogP contribution in [0.25, 0.3) is 11.2 Å². The first-order valence-corrected chi connectivity index (χ1v) is 9.30. The lowest BCUT2D eigenvalue weighted by atomic mass is 10.2. The predicted molar refractivity (Wildman–Crippen MR) is 89.1 cm³/mol. The first-order valence-electron chi connectivity index (χ1n) is 7.36. The molecule has 1 aliphatic rings. The van der Waals surface area contributed by atoms with Crippen LogP contribution in [-0.2, 0) is 23.1 Å². The number of nitrogens with zero attached hydrogens (tertiary/aromatic N) is 4. The van der Waals surface area contributed by atoms with Crippen LogP contribution in [0.2, 0.25) is 0 Å². The Hall–Kier alpha value is -1.76. The lowest BCUT2D eigenvalue weighted by molar-refractivity contribution is -0.133. The molecule has 0 spiro atoms. The number of nitrogen functional groups attached to an aromatic ring is 1. The van der Waals surface area contributed by atoms with Gasteiger partial charge in [0.2, 0.25) is 5.95 Å². The summed E-state index contributed by atoms with van der Waals surface area (Å²) in [6.07, 6.45) is -1.01. The number of aromatic nitrogens is 4. The monoisotopic (exact) mass is 405 g/mol. The van der Waals surface area contributed by atoms with Crippen LogP contribution in [-0.4, -0.2) is 54.3 Å². The van der Waals surface area contributed by atoms with Crippen LogP contribution in [0.1, 0.15) is 19.6 Å². The summed E-state index contributed by atoms with van der Waals surface area (Å²) >= 11 is 4.19. The first-order chi connectivity index (χ1) is 12.2. The highest BCUT2D eigenvalue weighted by Gasteiger charge is 2.38. The van der Waals surface area contributed by atoms with Crippen LogP contribution in [0.3, 0.4) is 0 Å². The van der Waals surface area contributed by atoms with Crippen molar-refractivity contribution in [3.05, 3.63) is 6.33 Å². The van der Waals surface area contributed by atoms with Crippen LogP contribution >= 0.6 is 20.5 Å². The average Bonchev–Trinajstić information content (AvgIpc) is 3.07. The highest BCUT2D eigenvalue weighted by Crippen LogP contribution is 2.44. The normalized spacial score (nSPS) is 25.3. The van der Waals surface area contributed by atoms with E-state index in [2.05, 4.69) is 36.6 Å². The van der Waals surface area contributed by atoms with E-state index in [0.29, 0.717) is 16.2 Å². The number of aliphatic hydroxyl groups is 1. The van der Waals surface area contributed by atoms with Gasteiger partial charge in [0, 0.05) is 13.3 Å². The molecule has 0 saturated carbocycles. The van der Waals surface area contributed by atoms with Crippen molar-refractivity contribution >= 4 is 43.5 Å². The number of ether oxygens (including phenoxy) is 1. The number of hydrogen-bond acceptors (Lipinski definition) is 11. The molecule has 3 heterocycles. The Balaban J connectivity index is 1.73. The molecule has 2 unspecified atom stereocenters. The van der Waals surface area contributed by atoms with E-state index in [9.17, 15) is 19.4 Å². The van der Waals surface area contributed by atoms with Gasteiger partial charge in [-0.15, -0.1) is 12.6 Å². The number of fused-ring (bicyclic) bond motifs is 1. The van der Waals surface area contributed by atoms with Gasteiger partial charge in [0.1, 0.15) is 22.9 Å². The highest BCUT2D eigenvalue weighted by atomic mass is 32.1. The predicted octanol–water partition coefficient (Wildman–Crippen LogP) is 0.0257. The van der Waals surface area contributed by atoms with Crippen LogP contribution in [0.5, 0.6) is 0 Å². The number of aliphatic hydroxyl groups excluding tert-OH is 1. The lowest BCUT2D eigenvalue weighted by Gasteiger charge is -2.17. The second-order valence-corrected chi connectivity index (χ2v) is 7.31. The molecule has 0 radical (unpaired) electrons. The molecule has 0 bridgehead atoms. The molecular formula is C12H16N5O7PS. The molecule has 0 amide bonds. The summed E-state index contributed by atoms with van der Waals surface area (Å²) in [5, 5.41) is 10.4. The van der Waals surface area contributed by atoms with Crippen molar-refractivity contribution in [1.82, 2.24) is 19.5 Å². The summed E-state index contributed by atoms with van der Waals surface area (Å²) in [7, 11) is -4.57.